The van der Waals surface area contributed by atoms with Crippen LogP contribution in [0.15, 0.2) is 29.3 Å². The summed E-state index contributed by atoms with van der Waals surface area (Å²) in [5.41, 5.74) is 1.91. The molecule has 0 aliphatic heterocycles. The van der Waals surface area contributed by atoms with Gasteiger partial charge in [-0.1, -0.05) is 12.1 Å². The highest BCUT2D eigenvalue weighted by atomic mass is 15.4. The van der Waals surface area contributed by atoms with Gasteiger partial charge in [-0.2, -0.15) is 5.26 Å². The van der Waals surface area contributed by atoms with Crippen molar-refractivity contribution in [3.05, 3.63) is 24.3 Å². The van der Waals surface area contributed by atoms with Crippen LogP contribution in [0.1, 0.15) is 13.8 Å². The van der Waals surface area contributed by atoms with E-state index in [1.54, 1.807) is 0 Å². The molecule has 2 aromatic rings. The van der Waals surface area contributed by atoms with Gasteiger partial charge in [0.2, 0.25) is 11.9 Å². The number of benzene rings is 1. The highest BCUT2D eigenvalue weighted by Crippen LogP contribution is 2.16. The minimum absolute atomic E-state index is 0.0864. The molecule has 1 atom stereocenters. The number of fused-ring (bicyclic) bond motifs is 1. The van der Waals surface area contributed by atoms with Gasteiger partial charge in [0.25, 0.3) is 0 Å². The molecular weight excluding hydrogens is 266 g/mol. The smallest absolute Gasteiger partial charge is 0.206 e. The van der Waals surface area contributed by atoms with Crippen LogP contribution >= 0.6 is 0 Å². The molecule has 0 aliphatic carbocycles. The summed E-state index contributed by atoms with van der Waals surface area (Å²) in [5.74, 6) is 1.21. The number of anilines is 1. The molecule has 0 radical (unpaired) electrons. The largest absolute Gasteiger partial charge is 0.336 e. The third-order valence-corrected chi connectivity index (χ3v) is 3.13. The summed E-state index contributed by atoms with van der Waals surface area (Å²) in [6.07, 6.45) is 1.79. The van der Waals surface area contributed by atoms with Crippen molar-refractivity contribution in [2.75, 3.05) is 18.5 Å². The number of hydrogen-bond acceptors (Lipinski definition) is 4. The van der Waals surface area contributed by atoms with Crippen LogP contribution in [-0.4, -0.2) is 35.7 Å². The molecular formula is C14H19N7. The Morgan fingerprint density at radius 2 is 2.29 bits per heavy atom. The van der Waals surface area contributed by atoms with E-state index in [4.69, 9.17) is 5.26 Å². The number of nitrogens with zero attached hydrogens (tertiary/aromatic N) is 4. The lowest BCUT2D eigenvalue weighted by molar-refractivity contribution is 0.628. The Labute approximate surface area is 123 Å². The van der Waals surface area contributed by atoms with Crippen LogP contribution in [0.5, 0.6) is 0 Å². The molecule has 1 aromatic heterocycles. The number of rotatable bonds is 4. The predicted octanol–water partition coefficient (Wildman–Crippen LogP) is 1.38. The van der Waals surface area contributed by atoms with E-state index in [9.17, 15) is 0 Å². The van der Waals surface area contributed by atoms with Gasteiger partial charge in [0, 0.05) is 13.6 Å². The zero-order valence-corrected chi connectivity index (χ0v) is 12.4. The highest BCUT2D eigenvalue weighted by Gasteiger charge is 2.14. The molecule has 3 N–H and O–H groups in total. The highest BCUT2D eigenvalue weighted by molar-refractivity contribution is 5.82. The van der Waals surface area contributed by atoms with E-state index >= 15 is 0 Å². The number of aromatic amines is 1. The first-order valence-corrected chi connectivity index (χ1v) is 6.79. The van der Waals surface area contributed by atoms with Gasteiger partial charge < -0.3 is 15.2 Å². The lowest BCUT2D eigenvalue weighted by atomic mass is 10.3. The van der Waals surface area contributed by atoms with E-state index in [-0.39, 0.29) is 6.17 Å². The van der Waals surface area contributed by atoms with E-state index in [1.807, 2.05) is 56.3 Å². The summed E-state index contributed by atoms with van der Waals surface area (Å²) >= 11 is 0. The zero-order chi connectivity index (χ0) is 15.2. The van der Waals surface area contributed by atoms with Crippen LogP contribution in [0.2, 0.25) is 0 Å². The minimum Gasteiger partial charge on any atom is -0.336 e. The Bertz CT molecular complexity index is 634. The van der Waals surface area contributed by atoms with Crippen LogP contribution in [0.25, 0.3) is 11.0 Å². The van der Waals surface area contributed by atoms with Gasteiger partial charge in [-0.25, -0.2) is 4.98 Å². The molecule has 0 saturated heterocycles. The van der Waals surface area contributed by atoms with Gasteiger partial charge >= 0.3 is 0 Å². The molecule has 21 heavy (non-hydrogen) atoms. The van der Waals surface area contributed by atoms with Crippen molar-refractivity contribution in [1.29, 1.82) is 5.26 Å². The maximum Gasteiger partial charge on any atom is 0.206 e. The number of para-hydroxylation sites is 2. The van der Waals surface area contributed by atoms with Gasteiger partial charge in [-0.3, -0.25) is 10.3 Å². The van der Waals surface area contributed by atoms with Crippen molar-refractivity contribution in [2.24, 2.45) is 4.99 Å². The molecule has 0 aliphatic rings. The maximum atomic E-state index is 8.71. The monoisotopic (exact) mass is 285 g/mol. The second-order valence-electron chi connectivity index (χ2n) is 4.57. The van der Waals surface area contributed by atoms with Crippen LogP contribution in [0.3, 0.4) is 0 Å². The molecule has 0 fully saturated rings. The molecule has 1 unspecified atom stereocenters. The molecule has 0 amide bonds. The fraction of sp³-hybridized carbons (Fsp3) is 0.357. The predicted molar refractivity (Wildman–Crippen MR) is 83.8 cm³/mol. The second kappa shape index (κ2) is 6.61. The lowest BCUT2D eigenvalue weighted by Gasteiger charge is -2.26. The molecule has 0 spiro atoms. The first kappa shape index (κ1) is 14.7. The average Bonchev–Trinajstić information content (AvgIpc) is 2.90. The third-order valence-electron chi connectivity index (χ3n) is 3.13. The van der Waals surface area contributed by atoms with Crippen LogP contribution in [0.4, 0.5) is 5.95 Å². The molecule has 1 aromatic carbocycles. The summed E-state index contributed by atoms with van der Waals surface area (Å²) in [6.45, 7) is 4.48. The standard InChI is InChI=1S/C14H19N7/c1-4-16-13(17-9-15)18-10(2)21(3)14-19-11-7-5-6-8-12(11)20-14/h5-8,10H,4H2,1-3H3,(H,19,20)(H2,16,17,18). The van der Waals surface area contributed by atoms with Crippen LogP contribution < -0.4 is 15.5 Å². The van der Waals surface area contributed by atoms with Crippen LogP contribution in [0, 0.1) is 11.5 Å². The fourth-order valence-electron chi connectivity index (χ4n) is 1.92. The quantitative estimate of drug-likeness (QED) is 0.259. The van der Waals surface area contributed by atoms with Crippen molar-refractivity contribution >= 4 is 22.9 Å². The number of aromatic nitrogens is 2. The molecule has 110 valence electrons. The average molecular weight is 285 g/mol. The van der Waals surface area contributed by atoms with Gasteiger partial charge in [-0.05, 0) is 26.0 Å². The van der Waals surface area contributed by atoms with Gasteiger partial charge in [0.15, 0.2) is 6.19 Å². The van der Waals surface area contributed by atoms with Crippen molar-refractivity contribution in [3.8, 4) is 6.19 Å². The number of nitriles is 1. The summed E-state index contributed by atoms with van der Waals surface area (Å²) < 4.78 is 0. The Morgan fingerprint density at radius 1 is 1.52 bits per heavy atom. The molecule has 0 bridgehead atoms. The minimum atomic E-state index is -0.0864. The summed E-state index contributed by atoms with van der Waals surface area (Å²) in [5, 5.41) is 14.4. The van der Waals surface area contributed by atoms with Crippen molar-refractivity contribution in [3.63, 3.8) is 0 Å². The van der Waals surface area contributed by atoms with E-state index in [0.717, 1.165) is 17.0 Å². The van der Waals surface area contributed by atoms with E-state index in [2.05, 4.69) is 25.6 Å². The molecule has 2 rings (SSSR count). The molecule has 0 saturated carbocycles. The summed E-state index contributed by atoms with van der Waals surface area (Å²) in [4.78, 5) is 13.9. The van der Waals surface area contributed by atoms with E-state index in [0.29, 0.717) is 12.5 Å². The summed E-state index contributed by atoms with van der Waals surface area (Å²) in [6, 6.07) is 7.87. The number of guanidine groups is 1. The topological polar surface area (TPSA) is 92.1 Å². The van der Waals surface area contributed by atoms with Gasteiger partial charge in [0.05, 0.1) is 11.0 Å². The summed E-state index contributed by atoms with van der Waals surface area (Å²) in [7, 11) is 1.92. The fourth-order valence-corrected chi connectivity index (χ4v) is 1.92. The van der Waals surface area contributed by atoms with E-state index < -0.39 is 0 Å². The van der Waals surface area contributed by atoms with Crippen molar-refractivity contribution in [2.45, 2.75) is 20.0 Å². The number of H-pyrrole nitrogens is 1. The molecule has 1 heterocycles. The van der Waals surface area contributed by atoms with Gasteiger partial charge in [-0.15, -0.1) is 0 Å². The number of aliphatic imine (C=N–C) groups is 1. The first-order valence-electron chi connectivity index (χ1n) is 6.79. The molecule has 7 nitrogen and oxygen atoms in total. The Hall–Kier alpha value is -2.75. The Balaban J connectivity index is 2.13. The van der Waals surface area contributed by atoms with Crippen molar-refractivity contribution < 1.29 is 0 Å². The lowest BCUT2D eigenvalue weighted by Crippen LogP contribution is -2.48. The van der Waals surface area contributed by atoms with Crippen LogP contribution in [-0.2, 0) is 0 Å². The maximum absolute atomic E-state index is 8.71. The Kier molecular flexibility index (Phi) is 4.61. The second-order valence-corrected chi connectivity index (χ2v) is 4.57. The normalized spacial score (nSPS) is 12.8. The first-order chi connectivity index (χ1) is 10.2. The SMILES string of the molecule is CC/N=C(/NC#N)NC(C)N(C)c1nc2ccccc2[nH]1. The zero-order valence-electron chi connectivity index (χ0n) is 12.4. The number of hydrogen-bond donors (Lipinski definition) is 3. The van der Waals surface area contributed by atoms with E-state index in [1.165, 1.54) is 0 Å². The Morgan fingerprint density at radius 3 is 2.95 bits per heavy atom. The molecule has 7 heteroatoms. The van der Waals surface area contributed by atoms with Gasteiger partial charge in [0.1, 0.15) is 6.17 Å². The third kappa shape index (κ3) is 3.42. The van der Waals surface area contributed by atoms with Crippen molar-refractivity contribution in [1.82, 2.24) is 20.6 Å². The number of imidazole rings is 1. The number of nitrogens with one attached hydrogen (secondary N) is 3.